The Labute approximate surface area is 146 Å². The minimum atomic E-state index is -0.531. The van der Waals surface area contributed by atoms with Crippen LogP contribution >= 0.6 is 0 Å². The zero-order valence-electron chi connectivity index (χ0n) is 14.2. The molecule has 1 aromatic heterocycles. The molecule has 1 aliphatic rings. The molecule has 0 spiro atoms. The van der Waals surface area contributed by atoms with Crippen LogP contribution in [0.1, 0.15) is 16.1 Å². The monoisotopic (exact) mass is 342 g/mol. The van der Waals surface area contributed by atoms with Crippen LogP contribution < -0.4 is 11.0 Å². The van der Waals surface area contributed by atoms with E-state index in [-0.39, 0.29) is 11.6 Å². The lowest BCUT2D eigenvalue weighted by molar-refractivity contribution is 0.0383. The Bertz CT molecular complexity index is 780. The number of carbonyl (C=O) groups excluding carboxylic acids is 1. The number of hydrogen-bond donors (Lipinski definition) is 2. The second-order valence-electron chi connectivity index (χ2n) is 6.06. The van der Waals surface area contributed by atoms with Gasteiger partial charge in [0.15, 0.2) is 0 Å². The number of nitrogens with one attached hydrogen (secondary N) is 2. The smallest absolute Gasteiger partial charge is 0.346 e. The predicted molar refractivity (Wildman–Crippen MR) is 94.6 cm³/mol. The van der Waals surface area contributed by atoms with Gasteiger partial charge in [0.25, 0.3) is 5.91 Å². The maximum Gasteiger partial charge on any atom is 0.346 e. The van der Waals surface area contributed by atoms with Gasteiger partial charge in [-0.2, -0.15) is 4.98 Å². The first kappa shape index (κ1) is 17.3. The molecule has 0 unspecified atom stereocenters. The van der Waals surface area contributed by atoms with Gasteiger partial charge in [-0.05, 0) is 13.0 Å². The highest BCUT2D eigenvalue weighted by molar-refractivity contribution is 5.93. The molecular weight excluding hydrogens is 320 g/mol. The fraction of sp³-hybridized carbons (Fsp3) is 0.389. The predicted octanol–water partition coefficient (Wildman–Crippen LogP) is 0.807. The van der Waals surface area contributed by atoms with Crippen molar-refractivity contribution >= 4 is 5.91 Å². The number of aryl methyl sites for hydroxylation is 1. The maximum absolute atomic E-state index is 12.3. The van der Waals surface area contributed by atoms with E-state index < -0.39 is 5.69 Å². The van der Waals surface area contributed by atoms with Crippen LogP contribution in [0.25, 0.3) is 11.3 Å². The SMILES string of the molecule is Cc1ccc(-c2cc(C(=O)NCCN3CCOCC3)[nH]c(=O)n2)cc1. The Morgan fingerprint density at radius 1 is 1.28 bits per heavy atom. The molecule has 1 amide bonds. The molecule has 0 aliphatic carbocycles. The summed E-state index contributed by atoms with van der Waals surface area (Å²) in [6.07, 6.45) is 0. The number of hydrogen-bond acceptors (Lipinski definition) is 5. The molecule has 2 N–H and O–H groups in total. The number of H-pyrrole nitrogens is 1. The van der Waals surface area contributed by atoms with Crippen LogP contribution in [0.15, 0.2) is 35.1 Å². The summed E-state index contributed by atoms with van der Waals surface area (Å²) in [5.41, 5.74) is 2.10. The lowest BCUT2D eigenvalue weighted by Gasteiger charge is -2.26. The fourth-order valence-electron chi connectivity index (χ4n) is 2.70. The highest BCUT2D eigenvalue weighted by Gasteiger charge is 2.13. The maximum atomic E-state index is 12.3. The molecule has 1 saturated heterocycles. The molecule has 25 heavy (non-hydrogen) atoms. The Hall–Kier alpha value is -2.51. The number of nitrogens with zero attached hydrogens (tertiary/aromatic N) is 2. The summed E-state index contributed by atoms with van der Waals surface area (Å²) in [5, 5.41) is 2.84. The van der Waals surface area contributed by atoms with Crippen LogP contribution in [-0.2, 0) is 4.74 Å². The third-order valence-electron chi connectivity index (χ3n) is 4.15. The molecule has 0 saturated carbocycles. The van der Waals surface area contributed by atoms with Crippen molar-refractivity contribution in [2.24, 2.45) is 0 Å². The Morgan fingerprint density at radius 3 is 2.72 bits per heavy atom. The van der Waals surface area contributed by atoms with E-state index in [1.807, 2.05) is 31.2 Å². The molecule has 0 bridgehead atoms. The molecule has 2 heterocycles. The Kier molecular flexibility index (Phi) is 5.57. The Balaban J connectivity index is 1.65. The molecular formula is C18H22N4O3. The summed E-state index contributed by atoms with van der Waals surface area (Å²) < 4.78 is 5.30. The first-order valence-corrected chi connectivity index (χ1v) is 8.38. The quantitative estimate of drug-likeness (QED) is 0.839. The van der Waals surface area contributed by atoms with Gasteiger partial charge in [0.2, 0.25) is 0 Å². The minimum absolute atomic E-state index is 0.220. The van der Waals surface area contributed by atoms with E-state index in [2.05, 4.69) is 20.2 Å². The Morgan fingerprint density at radius 2 is 2.00 bits per heavy atom. The molecule has 7 nitrogen and oxygen atoms in total. The van der Waals surface area contributed by atoms with Crippen LogP contribution in [0.3, 0.4) is 0 Å². The van der Waals surface area contributed by atoms with E-state index >= 15 is 0 Å². The number of aromatic nitrogens is 2. The lowest BCUT2D eigenvalue weighted by Crippen LogP contribution is -2.41. The number of benzene rings is 1. The highest BCUT2D eigenvalue weighted by atomic mass is 16.5. The normalized spacial score (nSPS) is 15.1. The van der Waals surface area contributed by atoms with Gasteiger partial charge >= 0.3 is 5.69 Å². The number of carbonyl (C=O) groups is 1. The first-order valence-electron chi connectivity index (χ1n) is 8.38. The van der Waals surface area contributed by atoms with Crippen molar-refractivity contribution in [3.05, 3.63) is 52.1 Å². The summed E-state index contributed by atoms with van der Waals surface area (Å²) in [4.78, 5) is 32.8. The first-order chi connectivity index (χ1) is 12.1. The summed E-state index contributed by atoms with van der Waals surface area (Å²) in [6.45, 7) is 6.47. The van der Waals surface area contributed by atoms with Gasteiger partial charge in [-0.3, -0.25) is 9.69 Å². The van der Waals surface area contributed by atoms with Crippen LogP contribution in [0.2, 0.25) is 0 Å². The van der Waals surface area contributed by atoms with Crippen molar-refractivity contribution in [2.75, 3.05) is 39.4 Å². The van der Waals surface area contributed by atoms with Gasteiger partial charge in [0.05, 0.1) is 18.9 Å². The topological polar surface area (TPSA) is 87.3 Å². The van der Waals surface area contributed by atoms with E-state index in [9.17, 15) is 9.59 Å². The van der Waals surface area contributed by atoms with E-state index in [0.717, 1.165) is 44.0 Å². The summed E-state index contributed by atoms with van der Waals surface area (Å²) in [6, 6.07) is 9.27. The summed E-state index contributed by atoms with van der Waals surface area (Å²) >= 11 is 0. The summed E-state index contributed by atoms with van der Waals surface area (Å²) in [5.74, 6) is -0.305. The second kappa shape index (κ2) is 8.04. The van der Waals surface area contributed by atoms with E-state index in [4.69, 9.17) is 4.74 Å². The molecule has 3 rings (SSSR count). The number of aromatic amines is 1. The van der Waals surface area contributed by atoms with Crippen LogP contribution in [0, 0.1) is 6.92 Å². The second-order valence-corrected chi connectivity index (χ2v) is 6.06. The molecule has 1 aromatic carbocycles. The van der Waals surface area contributed by atoms with Gasteiger partial charge in [0, 0.05) is 31.7 Å². The van der Waals surface area contributed by atoms with Gasteiger partial charge in [-0.1, -0.05) is 29.8 Å². The van der Waals surface area contributed by atoms with E-state index in [0.29, 0.717) is 12.2 Å². The van der Waals surface area contributed by atoms with Gasteiger partial charge in [0.1, 0.15) is 5.69 Å². The third kappa shape index (κ3) is 4.74. The van der Waals surface area contributed by atoms with Crippen molar-refractivity contribution in [2.45, 2.75) is 6.92 Å². The van der Waals surface area contributed by atoms with Crippen molar-refractivity contribution < 1.29 is 9.53 Å². The molecule has 2 aromatic rings. The number of morpholine rings is 1. The number of ether oxygens (including phenoxy) is 1. The highest BCUT2D eigenvalue weighted by Crippen LogP contribution is 2.16. The van der Waals surface area contributed by atoms with Gasteiger partial charge in [-0.15, -0.1) is 0 Å². The van der Waals surface area contributed by atoms with E-state index in [1.165, 1.54) is 0 Å². The van der Waals surface area contributed by atoms with Crippen molar-refractivity contribution in [3.8, 4) is 11.3 Å². The molecule has 1 fully saturated rings. The summed E-state index contributed by atoms with van der Waals surface area (Å²) in [7, 11) is 0. The molecule has 0 radical (unpaired) electrons. The number of rotatable bonds is 5. The zero-order chi connectivity index (χ0) is 17.6. The molecule has 0 atom stereocenters. The third-order valence-corrected chi connectivity index (χ3v) is 4.15. The van der Waals surface area contributed by atoms with Crippen LogP contribution in [0.5, 0.6) is 0 Å². The molecule has 7 heteroatoms. The zero-order valence-corrected chi connectivity index (χ0v) is 14.2. The molecule has 132 valence electrons. The fourth-order valence-corrected chi connectivity index (χ4v) is 2.70. The standard InChI is InChI=1S/C18H22N4O3/c1-13-2-4-14(5-3-13)15-12-16(21-18(24)20-15)17(23)19-6-7-22-8-10-25-11-9-22/h2-5,12H,6-11H2,1H3,(H,19,23)(H,20,21,24). The largest absolute Gasteiger partial charge is 0.379 e. The van der Waals surface area contributed by atoms with Gasteiger partial charge in [-0.25, -0.2) is 4.79 Å². The molecule has 1 aliphatic heterocycles. The van der Waals surface area contributed by atoms with E-state index in [1.54, 1.807) is 6.07 Å². The van der Waals surface area contributed by atoms with Crippen LogP contribution in [-0.4, -0.2) is 60.2 Å². The minimum Gasteiger partial charge on any atom is -0.379 e. The van der Waals surface area contributed by atoms with Crippen molar-refractivity contribution in [1.29, 1.82) is 0 Å². The van der Waals surface area contributed by atoms with Crippen molar-refractivity contribution in [3.63, 3.8) is 0 Å². The number of amides is 1. The average Bonchev–Trinajstić information content (AvgIpc) is 2.62. The van der Waals surface area contributed by atoms with Crippen molar-refractivity contribution in [1.82, 2.24) is 20.2 Å². The van der Waals surface area contributed by atoms with Gasteiger partial charge < -0.3 is 15.0 Å². The average molecular weight is 342 g/mol. The van der Waals surface area contributed by atoms with Crippen LogP contribution in [0.4, 0.5) is 0 Å². The lowest BCUT2D eigenvalue weighted by atomic mass is 10.1.